The van der Waals surface area contributed by atoms with Crippen molar-refractivity contribution in [3.63, 3.8) is 0 Å². The molecule has 0 saturated heterocycles. The summed E-state index contributed by atoms with van der Waals surface area (Å²) in [6.45, 7) is 4.13. The number of benzene rings is 2. The van der Waals surface area contributed by atoms with Gasteiger partial charge in [-0.05, 0) is 43.3 Å². The quantitative estimate of drug-likeness (QED) is 0.769. The number of likely N-dealkylation sites (N-methyl/N-ethyl adjacent to an activating group) is 1. The Balaban J connectivity index is 1.91. The topological polar surface area (TPSA) is 12.5 Å². The molecule has 0 unspecified atom stereocenters. The second kappa shape index (κ2) is 7.29. The van der Waals surface area contributed by atoms with Gasteiger partial charge in [-0.1, -0.05) is 28.1 Å². The molecule has 0 radical (unpaired) electrons. The van der Waals surface area contributed by atoms with Crippen molar-refractivity contribution in [2.75, 3.05) is 24.6 Å². The molecule has 0 aliphatic rings. The summed E-state index contributed by atoms with van der Waals surface area (Å²) in [6, 6.07) is 14.4. The summed E-state index contributed by atoms with van der Waals surface area (Å²) in [5.41, 5.74) is 0.880. The predicted octanol–water partition coefficient (Wildman–Crippen LogP) is 4.49. The van der Waals surface area contributed by atoms with Gasteiger partial charge in [-0.2, -0.15) is 0 Å². The third kappa shape index (κ3) is 4.23. The molecule has 0 heterocycles. The zero-order chi connectivity index (χ0) is 14.4. The van der Waals surface area contributed by atoms with E-state index in [2.05, 4.69) is 20.8 Å². The lowest BCUT2D eigenvalue weighted by atomic mass is 10.3. The molecule has 0 spiro atoms. The Morgan fingerprint density at radius 2 is 1.95 bits per heavy atom. The molecule has 0 aliphatic heterocycles. The van der Waals surface area contributed by atoms with E-state index in [0.717, 1.165) is 22.5 Å². The minimum atomic E-state index is -0.214. The number of nitrogens with zero attached hydrogens (tertiary/aromatic N) is 1. The molecule has 4 heteroatoms. The molecule has 0 bridgehead atoms. The Labute approximate surface area is 127 Å². The van der Waals surface area contributed by atoms with E-state index in [-0.39, 0.29) is 5.82 Å². The van der Waals surface area contributed by atoms with Gasteiger partial charge in [0.05, 0.1) is 6.54 Å². The minimum absolute atomic E-state index is 0.214. The molecule has 0 N–H and O–H groups in total. The first-order valence-electron chi connectivity index (χ1n) is 6.58. The highest BCUT2D eigenvalue weighted by molar-refractivity contribution is 9.10. The number of rotatable bonds is 6. The summed E-state index contributed by atoms with van der Waals surface area (Å²) in [7, 11) is 0. The number of hydrogen-bond donors (Lipinski definition) is 0. The van der Waals surface area contributed by atoms with Crippen LogP contribution >= 0.6 is 15.9 Å². The van der Waals surface area contributed by atoms with Gasteiger partial charge in [0.2, 0.25) is 0 Å². The summed E-state index contributed by atoms with van der Waals surface area (Å²) in [4.78, 5) is 2.08. The fourth-order valence-corrected chi connectivity index (χ4v) is 2.35. The van der Waals surface area contributed by atoms with Gasteiger partial charge >= 0.3 is 0 Å². The molecule has 0 amide bonds. The molecule has 2 nitrogen and oxygen atoms in total. The SMILES string of the molecule is CCN(CCOc1cccc(Br)c1)c1cccc(F)c1. The smallest absolute Gasteiger partial charge is 0.125 e. The van der Waals surface area contributed by atoms with Crippen molar-refractivity contribution in [2.45, 2.75) is 6.92 Å². The van der Waals surface area contributed by atoms with Gasteiger partial charge in [-0.3, -0.25) is 0 Å². The molecule has 20 heavy (non-hydrogen) atoms. The lowest BCUT2D eigenvalue weighted by molar-refractivity contribution is 0.324. The van der Waals surface area contributed by atoms with Crippen LogP contribution in [0.5, 0.6) is 5.75 Å². The lowest BCUT2D eigenvalue weighted by Crippen LogP contribution is -2.28. The molecule has 0 aliphatic carbocycles. The van der Waals surface area contributed by atoms with E-state index < -0.39 is 0 Å². The van der Waals surface area contributed by atoms with Gasteiger partial charge < -0.3 is 9.64 Å². The van der Waals surface area contributed by atoms with E-state index in [1.807, 2.05) is 37.3 Å². The molecule has 2 aromatic carbocycles. The van der Waals surface area contributed by atoms with Crippen LogP contribution in [0.15, 0.2) is 53.0 Å². The van der Waals surface area contributed by atoms with Crippen LogP contribution in [0.4, 0.5) is 10.1 Å². The van der Waals surface area contributed by atoms with Crippen LogP contribution in [0.2, 0.25) is 0 Å². The first-order chi connectivity index (χ1) is 9.69. The highest BCUT2D eigenvalue weighted by Gasteiger charge is 2.05. The molecular weight excluding hydrogens is 321 g/mol. The van der Waals surface area contributed by atoms with E-state index >= 15 is 0 Å². The maximum absolute atomic E-state index is 13.2. The lowest BCUT2D eigenvalue weighted by Gasteiger charge is -2.23. The molecule has 0 fully saturated rings. The molecule has 2 rings (SSSR count). The zero-order valence-electron chi connectivity index (χ0n) is 11.4. The predicted molar refractivity (Wildman–Crippen MR) is 83.9 cm³/mol. The standard InChI is InChI=1S/C16H17BrFNO/c1-2-19(15-7-4-6-14(18)12-15)9-10-20-16-8-3-5-13(17)11-16/h3-8,11-12H,2,9-10H2,1H3. The van der Waals surface area contributed by atoms with Gasteiger partial charge in [-0.15, -0.1) is 0 Å². The largest absolute Gasteiger partial charge is 0.492 e. The second-order valence-corrected chi connectivity index (χ2v) is 5.28. The number of hydrogen-bond acceptors (Lipinski definition) is 2. The maximum Gasteiger partial charge on any atom is 0.125 e. The monoisotopic (exact) mass is 337 g/mol. The van der Waals surface area contributed by atoms with Crippen LogP contribution in [0.1, 0.15) is 6.92 Å². The first kappa shape index (κ1) is 14.9. The van der Waals surface area contributed by atoms with Gasteiger partial charge in [0.1, 0.15) is 18.2 Å². The number of ether oxygens (including phenoxy) is 1. The van der Waals surface area contributed by atoms with Crippen molar-refractivity contribution in [3.8, 4) is 5.75 Å². The van der Waals surface area contributed by atoms with Crippen LogP contribution in [-0.4, -0.2) is 19.7 Å². The minimum Gasteiger partial charge on any atom is -0.492 e. The fraction of sp³-hybridized carbons (Fsp3) is 0.250. The van der Waals surface area contributed by atoms with Gasteiger partial charge in [0, 0.05) is 16.7 Å². The average molecular weight is 338 g/mol. The summed E-state index contributed by atoms with van der Waals surface area (Å²) in [6.07, 6.45) is 0. The van der Waals surface area contributed by atoms with E-state index in [9.17, 15) is 4.39 Å². The Bertz CT molecular complexity index is 562. The van der Waals surface area contributed by atoms with Crippen LogP contribution in [0.25, 0.3) is 0 Å². The van der Waals surface area contributed by atoms with E-state index in [1.54, 1.807) is 12.1 Å². The van der Waals surface area contributed by atoms with E-state index in [0.29, 0.717) is 13.2 Å². The van der Waals surface area contributed by atoms with Crippen LogP contribution in [0, 0.1) is 5.82 Å². The Hall–Kier alpha value is -1.55. The van der Waals surface area contributed by atoms with Crippen molar-refractivity contribution >= 4 is 21.6 Å². The average Bonchev–Trinajstić information content (AvgIpc) is 2.44. The van der Waals surface area contributed by atoms with Crippen molar-refractivity contribution in [3.05, 3.63) is 58.8 Å². The van der Waals surface area contributed by atoms with Crippen molar-refractivity contribution in [1.82, 2.24) is 0 Å². The Morgan fingerprint density at radius 1 is 1.15 bits per heavy atom. The van der Waals surface area contributed by atoms with E-state index in [1.165, 1.54) is 6.07 Å². The molecule has 0 saturated carbocycles. The van der Waals surface area contributed by atoms with Gasteiger partial charge in [0.25, 0.3) is 0 Å². The molecule has 106 valence electrons. The van der Waals surface area contributed by atoms with Gasteiger partial charge in [-0.25, -0.2) is 4.39 Å². The van der Waals surface area contributed by atoms with E-state index in [4.69, 9.17) is 4.74 Å². The summed E-state index contributed by atoms with van der Waals surface area (Å²) >= 11 is 3.41. The summed E-state index contributed by atoms with van der Waals surface area (Å²) < 4.78 is 19.9. The van der Waals surface area contributed by atoms with Crippen LogP contribution in [-0.2, 0) is 0 Å². The Kier molecular flexibility index (Phi) is 5.41. The third-order valence-corrected chi connectivity index (χ3v) is 3.47. The molecule has 2 aromatic rings. The summed E-state index contributed by atoms with van der Waals surface area (Å²) in [5, 5.41) is 0. The number of halogens is 2. The van der Waals surface area contributed by atoms with Crippen LogP contribution < -0.4 is 9.64 Å². The van der Waals surface area contributed by atoms with Crippen LogP contribution in [0.3, 0.4) is 0 Å². The van der Waals surface area contributed by atoms with Gasteiger partial charge in [0.15, 0.2) is 0 Å². The summed E-state index contributed by atoms with van der Waals surface area (Å²) in [5.74, 6) is 0.614. The maximum atomic E-state index is 13.2. The molecule has 0 atom stereocenters. The fourth-order valence-electron chi connectivity index (χ4n) is 1.97. The Morgan fingerprint density at radius 3 is 2.65 bits per heavy atom. The third-order valence-electron chi connectivity index (χ3n) is 2.98. The highest BCUT2D eigenvalue weighted by atomic mass is 79.9. The van der Waals surface area contributed by atoms with Crippen molar-refractivity contribution < 1.29 is 9.13 Å². The molecule has 0 aromatic heterocycles. The van der Waals surface area contributed by atoms with Crippen molar-refractivity contribution in [1.29, 1.82) is 0 Å². The second-order valence-electron chi connectivity index (χ2n) is 4.37. The zero-order valence-corrected chi connectivity index (χ0v) is 12.9. The highest BCUT2D eigenvalue weighted by Crippen LogP contribution is 2.18. The van der Waals surface area contributed by atoms with Crippen molar-refractivity contribution in [2.24, 2.45) is 0 Å². The normalized spacial score (nSPS) is 10.3. The molecular formula is C16H17BrFNO. The number of anilines is 1. The first-order valence-corrected chi connectivity index (χ1v) is 7.37.